The molecular weight excluding hydrogens is 190 g/mol. The molecule has 1 N–H and O–H groups in total. The Hall–Kier alpha value is -0.120. The molecule has 88 valence electrons. The molecule has 0 saturated carbocycles. The molecule has 2 fully saturated rings. The molecule has 0 aromatic heterocycles. The first-order chi connectivity index (χ1) is 7.26. The predicted molar refractivity (Wildman–Crippen MR) is 60.0 cm³/mol. The van der Waals surface area contributed by atoms with Crippen molar-refractivity contribution in [2.75, 3.05) is 26.9 Å². The van der Waals surface area contributed by atoms with Gasteiger partial charge in [0.15, 0.2) is 0 Å². The van der Waals surface area contributed by atoms with Crippen LogP contribution in [0.25, 0.3) is 0 Å². The van der Waals surface area contributed by atoms with E-state index in [-0.39, 0.29) is 5.60 Å². The molecule has 2 aliphatic rings. The van der Waals surface area contributed by atoms with Gasteiger partial charge in [-0.25, -0.2) is 0 Å². The summed E-state index contributed by atoms with van der Waals surface area (Å²) in [5.41, 5.74) is 0.0523. The van der Waals surface area contributed by atoms with Gasteiger partial charge < -0.3 is 14.8 Å². The van der Waals surface area contributed by atoms with Crippen molar-refractivity contribution in [2.45, 2.75) is 44.2 Å². The van der Waals surface area contributed by atoms with Gasteiger partial charge in [-0.3, -0.25) is 0 Å². The highest BCUT2D eigenvalue weighted by Gasteiger charge is 2.41. The van der Waals surface area contributed by atoms with Gasteiger partial charge in [0, 0.05) is 25.9 Å². The summed E-state index contributed by atoms with van der Waals surface area (Å²) in [5.74, 6) is 0.715. The Kier molecular flexibility index (Phi) is 3.65. The monoisotopic (exact) mass is 213 g/mol. The van der Waals surface area contributed by atoms with Crippen LogP contribution in [0.15, 0.2) is 0 Å². The van der Waals surface area contributed by atoms with Crippen molar-refractivity contribution < 1.29 is 9.47 Å². The molecule has 0 aromatic carbocycles. The summed E-state index contributed by atoms with van der Waals surface area (Å²) < 4.78 is 11.4. The highest BCUT2D eigenvalue weighted by atomic mass is 16.5. The van der Waals surface area contributed by atoms with Crippen molar-refractivity contribution in [2.24, 2.45) is 5.92 Å². The van der Waals surface area contributed by atoms with Crippen LogP contribution in [0, 0.1) is 5.92 Å². The molecule has 0 aliphatic carbocycles. The summed E-state index contributed by atoms with van der Waals surface area (Å²) in [6, 6.07) is 0.490. The second kappa shape index (κ2) is 4.81. The molecule has 0 amide bonds. The molecule has 15 heavy (non-hydrogen) atoms. The van der Waals surface area contributed by atoms with Crippen LogP contribution in [0.4, 0.5) is 0 Å². The lowest BCUT2D eigenvalue weighted by Gasteiger charge is -2.40. The second-order valence-electron chi connectivity index (χ2n) is 4.98. The van der Waals surface area contributed by atoms with Gasteiger partial charge in [-0.05, 0) is 45.6 Å². The van der Waals surface area contributed by atoms with E-state index in [0.29, 0.717) is 12.0 Å². The third-order valence-electron chi connectivity index (χ3n) is 3.96. The van der Waals surface area contributed by atoms with E-state index in [2.05, 4.69) is 19.3 Å². The summed E-state index contributed by atoms with van der Waals surface area (Å²) in [6.07, 6.45) is 4.74. The number of rotatable bonds is 3. The predicted octanol–water partition coefficient (Wildman–Crippen LogP) is 1.57. The second-order valence-corrected chi connectivity index (χ2v) is 4.98. The van der Waals surface area contributed by atoms with Gasteiger partial charge in [0.1, 0.15) is 0 Å². The van der Waals surface area contributed by atoms with Gasteiger partial charge in [-0.1, -0.05) is 0 Å². The molecule has 2 rings (SSSR count). The molecule has 0 aromatic rings. The van der Waals surface area contributed by atoms with Crippen LogP contribution in [-0.4, -0.2) is 38.5 Å². The van der Waals surface area contributed by atoms with Crippen LogP contribution in [0.1, 0.15) is 32.6 Å². The molecule has 0 spiro atoms. The smallest absolute Gasteiger partial charge is 0.0810 e. The molecule has 2 unspecified atom stereocenters. The van der Waals surface area contributed by atoms with E-state index >= 15 is 0 Å². The van der Waals surface area contributed by atoms with Crippen molar-refractivity contribution in [3.63, 3.8) is 0 Å². The van der Waals surface area contributed by atoms with Crippen molar-refractivity contribution in [3.8, 4) is 0 Å². The number of hydrogen-bond donors (Lipinski definition) is 1. The molecule has 2 heterocycles. The fourth-order valence-corrected chi connectivity index (χ4v) is 3.13. The van der Waals surface area contributed by atoms with Gasteiger partial charge >= 0.3 is 0 Å². The average molecular weight is 213 g/mol. The van der Waals surface area contributed by atoms with Crippen LogP contribution in [-0.2, 0) is 9.47 Å². The maximum atomic E-state index is 5.94. The van der Waals surface area contributed by atoms with E-state index in [1.807, 2.05) is 0 Å². The number of nitrogens with one attached hydrogen (secondary N) is 1. The Morgan fingerprint density at radius 1 is 1.27 bits per heavy atom. The van der Waals surface area contributed by atoms with Crippen LogP contribution >= 0.6 is 0 Å². The van der Waals surface area contributed by atoms with Gasteiger partial charge in [-0.15, -0.1) is 0 Å². The van der Waals surface area contributed by atoms with Gasteiger partial charge in [0.05, 0.1) is 5.60 Å². The summed E-state index contributed by atoms with van der Waals surface area (Å²) in [4.78, 5) is 0. The van der Waals surface area contributed by atoms with E-state index in [4.69, 9.17) is 9.47 Å². The number of ether oxygens (including phenoxy) is 2. The zero-order chi connectivity index (χ0) is 10.7. The maximum Gasteiger partial charge on any atom is 0.0810 e. The quantitative estimate of drug-likeness (QED) is 0.772. The molecule has 2 aliphatic heterocycles. The SMILES string of the molecule is CNC(C1CCOCC1)C1(C)CCCO1. The Balaban J connectivity index is 2.01. The van der Waals surface area contributed by atoms with Crippen molar-refractivity contribution in [3.05, 3.63) is 0 Å². The van der Waals surface area contributed by atoms with Crippen LogP contribution in [0.3, 0.4) is 0 Å². The summed E-state index contributed by atoms with van der Waals surface area (Å²) in [7, 11) is 2.06. The lowest BCUT2D eigenvalue weighted by molar-refractivity contribution is -0.0466. The van der Waals surface area contributed by atoms with E-state index in [9.17, 15) is 0 Å². The normalized spacial score (nSPS) is 35.6. The summed E-state index contributed by atoms with van der Waals surface area (Å²) in [6.45, 7) is 5.02. The average Bonchev–Trinajstić information content (AvgIpc) is 2.68. The Morgan fingerprint density at radius 3 is 2.53 bits per heavy atom. The van der Waals surface area contributed by atoms with E-state index in [0.717, 1.165) is 19.8 Å². The van der Waals surface area contributed by atoms with E-state index in [1.165, 1.54) is 25.7 Å². The van der Waals surface area contributed by atoms with Gasteiger partial charge in [0.2, 0.25) is 0 Å². The standard InChI is InChI=1S/C12H23NO2/c1-12(6-3-7-15-12)11(13-2)10-4-8-14-9-5-10/h10-11,13H,3-9H2,1-2H3. The number of hydrogen-bond acceptors (Lipinski definition) is 3. The first kappa shape index (κ1) is 11.4. The third kappa shape index (κ3) is 2.35. The maximum absolute atomic E-state index is 5.94. The first-order valence-electron chi connectivity index (χ1n) is 6.15. The Labute approximate surface area is 92.5 Å². The zero-order valence-electron chi connectivity index (χ0n) is 9.92. The topological polar surface area (TPSA) is 30.5 Å². The van der Waals surface area contributed by atoms with E-state index < -0.39 is 0 Å². The Morgan fingerprint density at radius 2 is 2.00 bits per heavy atom. The molecule has 3 nitrogen and oxygen atoms in total. The highest BCUT2D eigenvalue weighted by Crippen LogP contribution is 2.35. The van der Waals surface area contributed by atoms with Gasteiger partial charge in [0.25, 0.3) is 0 Å². The fourth-order valence-electron chi connectivity index (χ4n) is 3.13. The highest BCUT2D eigenvalue weighted by molar-refractivity contribution is 4.96. The zero-order valence-corrected chi connectivity index (χ0v) is 9.92. The van der Waals surface area contributed by atoms with Crippen molar-refractivity contribution in [1.82, 2.24) is 5.32 Å². The van der Waals surface area contributed by atoms with Crippen LogP contribution in [0.2, 0.25) is 0 Å². The minimum Gasteiger partial charge on any atom is -0.381 e. The molecule has 0 radical (unpaired) electrons. The van der Waals surface area contributed by atoms with Crippen molar-refractivity contribution >= 4 is 0 Å². The summed E-state index contributed by atoms with van der Waals surface area (Å²) >= 11 is 0. The number of likely N-dealkylation sites (N-methyl/N-ethyl adjacent to an activating group) is 1. The Bertz CT molecular complexity index is 196. The van der Waals surface area contributed by atoms with Crippen LogP contribution < -0.4 is 5.32 Å². The fraction of sp³-hybridized carbons (Fsp3) is 1.00. The molecular formula is C12H23NO2. The minimum atomic E-state index is 0.0523. The molecule has 3 heteroatoms. The molecule has 2 saturated heterocycles. The van der Waals surface area contributed by atoms with Gasteiger partial charge in [-0.2, -0.15) is 0 Å². The lowest BCUT2D eigenvalue weighted by atomic mass is 9.80. The minimum absolute atomic E-state index is 0.0523. The first-order valence-corrected chi connectivity index (χ1v) is 6.15. The van der Waals surface area contributed by atoms with E-state index in [1.54, 1.807) is 0 Å². The lowest BCUT2D eigenvalue weighted by Crippen LogP contribution is -2.52. The third-order valence-corrected chi connectivity index (χ3v) is 3.96. The van der Waals surface area contributed by atoms with Crippen molar-refractivity contribution in [1.29, 1.82) is 0 Å². The molecule has 0 bridgehead atoms. The van der Waals surface area contributed by atoms with Crippen LogP contribution in [0.5, 0.6) is 0 Å². The summed E-state index contributed by atoms with van der Waals surface area (Å²) in [5, 5.41) is 3.47. The largest absolute Gasteiger partial charge is 0.381 e. The molecule has 2 atom stereocenters.